The van der Waals surface area contributed by atoms with E-state index in [4.69, 9.17) is 4.74 Å². The van der Waals surface area contributed by atoms with Crippen molar-refractivity contribution in [1.29, 1.82) is 0 Å². The van der Waals surface area contributed by atoms with Gasteiger partial charge in [0.05, 0.1) is 30.5 Å². The van der Waals surface area contributed by atoms with Gasteiger partial charge in [0.25, 0.3) is 11.7 Å². The predicted octanol–water partition coefficient (Wildman–Crippen LogP) is 5.11. The summed E-state index contributed by atoms with van der Waals surface area (Å²) in [5.41, 5.74) is 2.09. The number of benzene rings is 3. The number of hydrogen-bond donors (Lipinski definition) is 0. The van der Waals surface area contributed by atoms with Gasteiger partial charge in [0, 0.05) is 0 Å². The standard InChI is InChI=1S/C23H16F3NO3/c1-30-18-9-4-15(5-10-18)16-6-11-20-19(12-16)21(28)22(29)27(20)13-14-2-7-17(8-3-14)23(24,25)26/h2-12H,13H2,1H3. The van der Waals surface area contributed by atoms with E-state index < -0.39 is 23.4 Å². The highest BCUT2D eigenvalue weighted by Gasteiger charge is 2.36. The number of rotatable bonds is 4. The highest BCUT2D eigenvalue weighted by molar-refractivity contribution is 6.52. The minimum Gasteiger partial charge on any atom is -0.497 e. The molecule has 0 bridgehead atoms. The number of nitrogens with zero attached hydrogens (tertiary/aromatic N) is 1. The zero-order valence-electron chi connectivity index (χ0n) is 15.9. The summed E-state index contributed by atoms with van der Waals surface area (Å²) >= 11 is 0. The first-order valence-electron chi connectivity index (χ1n) is 9.09. The van der Waals surface area contributed by atoms with Gasteiger partial charge in [0.2, 0.25) is 0 Å². The van der Waals surface area contributed by atoms with Crippen molar-refractivity contribution in [2.75, 3.05) is 12.0 Å². The van der Waals surface area contributed by atoms with Gasteiger partial charge in [-0.15, -0.1) is 0 Å². The lowest BCUT2D eigenvalue weighted by molar-refractivity contribution is -0.137. The molecule has 0 saturated heterocycles. The maximum atomic E-state index is 12.7. The topological polar surface area (TPSA) is 46.6 Å². The lowest BCUT2D eigenvalue weighted by Crippen LogP contribution is -2.29. The van der Waals surface area contributed by atoms with Crippen molar-refractivity contribution in [3.05, 3.63) is 83.4 Å². The monoisotopic (exact) mass is 411 g/mol. The van der Waals surface area contributed by atoms with Crippen LogP contribution in [-0.4, -0.2) is 18.8 Å². The molecule has 0 N–H and O–H groups in total. The number of halogens is 3. The van der Waals surface area contributed by atoms with E-state index in [1.54, 1.807) is 37.4 Å². The summed E-state index contributed by atoms with van der Waals surface area (Å²) < 4.78 is 43.4. The predicted molar refractivity (Wildman–Crippen MR) is 105 cm³/mol. The van der Waals surface area contributed by atoms with Crippen LogP contribution in [0.5, 0.6) is 5.75 Å². The van der Waals surface area contributed by atoms with E-state index in [0.29, 0.717) is 17.0 Å². The summed E-state index contributed by atoms with van der Waals surface area (Å²) in [6.45, 7) is 0.0115. The Morgan fingerprint density at radius 3 is 2.10 bits per heavy atom. The number of Topliss-reactive ketones (excluding diaryl/α,β-unsaturated/α-hetero) is 1. The molecule has 4 nitrogen and oxygen atoms in total. The number of alkyl halides is 3. The number of amides is 1. The van der Waals surface area contributed by atoms with Crippen molar-refractivity contribution in [2.24, 2.45) is 0 Å². The summed E-state index contributed by atoms with van der Waals surface area (Å²) in [5, 5.41) is 0. The van der Waals surface area contributed by atoms with E-state index in [0.717, 1.165) is 23.3 Å². The van der Waals surface area contributed by atoms with E-state index in [-0.39, 0.29) is 12.1 Å². The number of hydrogen-bond acceptors (Lipinski definition) is 3. The molecule has 1 amide bonds. The first-order valence-corrected chi connectivity index (χ1v) is 9.09. The minimum absolute atomic E-state index is 0.0115. The van der Waals surface area contributed by atoms with Crippen molar-refractivity contribution in [3.63, 3.8) is 0 Å². The molecule has 0 spiro atoms. The summed E-state index contributed by atoms with van der Waals surface area (Å²) in [4.78, 5) is 26.3. The van der Waals surface area contributed by atoms with Crippen LogP contribution >= 0.6 is 0 Å². The van der Waals surface area contributed by atoms with E-state index >= 15 is 0 Å². The molecule has 3 aromatic rings. The van der Waals surface area contributed by atoms with Gasteiger partial charge in [-0.1, -0.05) is 30.3 Å². The molecule has 1 aliphatic heterocycles. The van der Waals surface area contributed by atoms with Gasteiger partial charge >= 0.3 is 6.18 Å². The first kappa shape index (κ1) is 19.7. The number of anilines is 1. The fourth-order valence-electron chi connectivity index (χ4n) is 3.40. The second-order valence-electron chi connectivity index (χ2n) is 6.88. The molecule has 0 saturated carbocycles. The fraction of sp³-hybridized carbons (Fsp3) is 0.130. The molecule has 0 fully saturated rings. The van der Waals surface area contributed by atoms with Crippen molar-refractivity contribution < 1.29 is 27.5 Å². The molecule has 30 heavy (non-hydrogen) atoms. The Kier molecular flexibility index (Phi) is 4.81. The van der Waals surface area contributed by atoms with Gasteiger partial charge in [-0.3, -0.25) is 9.59 Å². The number of methoxy groups -OCH3 is 1. The lowest BCUT2D eigenvalue weighted by atomic mass is 10.0. The largest absolute Gasteiger partial charge is 0.497 e. The van der Waals surface area contributed by atoms with Crippen molar-refractivity contribution in [3.8, 4) is 16.9 Å². The van der Waals surface area contributed by atoms with E-state index in [9.17, 15) is 22.8 Å². The van der Waals surface area contributed by atoms with Crippen molar-refractivity contribution >= 4 is 17.4 Å². The second kappa shape index (κ2) is 7.33. The zero-order chi connectivity index (χ0) is 21.5. The van der Waals surface area contributed by atoms with Gasteiger partial charge in [0.1, 0.15) is 5.75 Å². The number of carbonyl (C=O) groups excluding carboxylic acids is 2. The SMILES string of the molecule is COc1ccc(-c2ccc3c(c2)C(=O)C(=O)N3Cc2ccc(C(F)(F)F)cc2)cc1. The third-order valence-corrected chi connectivity index (χ3v) is 5.02. The van der Waals surface area contributed by atoms with Crippen LogP contribution in [0.4, 0.5) is 18.9 Å². The maximum Gasteiger partial charge on any atom is 0.416 e. The third-order valence-electron chi connectivity index (χ3n) is 5.02. The molecular weight excluding hydrogens is 395 g/mol. The fourth-order valence-corrected chi connectivity index (χ4v) is 3.40. The molecule has 152 valence electrons. The molecule has 7 heteroatoms. The molecule has 4 rings (SSSR count). The molecule has 0 aliphatic carbocycles. The van der Waals surface area contributed by atoms with Gasteiger partial charge in [0.15, 0.2) is 0 Å². The Labute approximate surface area is 170 Å². The normalized spacial score (nSPS) is 13.5. The average Bonchev–Trinajstić information content (AvgIpc) is 2.98. The van der Waals surface area contributed by atoms with Crippen LogP contribution in [0, 0.1) is 0 Å². The molecular formula is C23H16F3NO3. The van der Waals surface area contributed by atoms with Crippen LogP contribution in [0.3, 0.4) is 0 Å². The van der Waals surface area contributed by atoms with Gasteiger partial charge in [-0.05, 0) is 53.1 Å². The van der Waals surface area contributed by atoms with Crippen LogP contribution < -0.4 is 9.64 Å². The Morgan fingerprint density at radius 1 is 0.867 bits per heavy atom. The van der Waals surface area contributed by atoms with Crippen molar-refractivity contribution in [1.82, 2.24) is 0 Å². The smallest absolute Gasteiger partial charge is 0.416 e. The summed E-state index contributed by atoms with van der Waals surface area (Å²) in [6.07, 6.45) is -4.43. The zero-order valence-corrected chi connectivity index (χ0v) is 15.9. The molecule has 0 unspecified atom stereocenters. The summed E-state index contributed by atoms with van der Waals surface area (Å²) in [6, 6.07) is 17.0. The van der Waals surface area contributed by atoms with Crippen LogP contribution in [0.15, 0.2) is 66.7 Å². The van der Waals surface area contributed by atoms with E-state index in [1.807, 2.05) is 12.1 Å². The number of ketones is 1. The Balaban J connectivity index is 1.62. The number of carbonyl (C=O) groups is 2. The molecule has 0 aromatic heterocycles. The number of ether oxygens (including phenoxy) is 1. The molecule has 0 radical (unpaired) electrons. The molecule has 1 aliphatic rings. The van der Waals surface area contributed by atoms with Gasteiger partial charge < -0.3 is 9.64 Å². The van der Waals surface area contributed by atoms with Crippen molar-refractivity contribution in [2.45, 2.75) is 12.7 Å². The van der Waals surface area contributed by atoms with Gasteiger partial charge in [-0.25, -0.2) is 0 Å². The lowest BCUT2D eigenvalue weighted by Gasteiger charge is -2.17. The molecule has 1 heterocycles. The van der Waals surface area contributed by atoms with E-state index in [2.05, 4.69) is 0 Å². The summed E-state index contributed by atoms with van der Waals surface area (Å²) in [7, 11) is 1.57. The summed E-state index contributed by atoms with van der Waals surface area (Å²) in [5.74, 6) is -0.627. The van der Waals surface area contributed by atoms with Crippen LogP contribution in [-0.2, 0) is 17.5 Å². The van der Waals surface area contributed by atoms with E-state index in [1.165, 1.54) is 17.0 Å². The highest BCUT2D eigenvalue weighted by atomic mass is 19.4. The Morgan fingerprint density at radius 2 is 1.50 bits per heavy atom. The van der Waals surface area contributed by atoms with Crippen LogP contribution in [0.2, 0.25) is 0 Å². The minimum atomic E-state index is -4.43. The molecule has 0 atom stereocenters. The molecule has 3 aromatic carbocycles. The van der Waals surface area contributed by atoms with Crippen LogP contribution in [0.25, 0.3) is 11.1 Å². The third kappa shape index (κ3) is 3.54. The quantitative estimate of drug-likeness (QED) is 0.561. The second-order valence-corrected chi connectivity index (χ2v) is 6.88. The first-order chi connectivity index (χ1) is 14.3. The maximum absolute atomic E-state index is 12.7. The number of fused-ring (bicyclic) bond motifs is 1. The van der Waals surface area contributed by atoms with Gasteiger partial charge in [-0.2, -0.15) is 13.2 Å². The highest BCUT2D eigenvalue weighted by Crippen LogP contribution is 2.35. The average molecular weight is 411 g/mol. The van der Waals surface area contributed by atoms with Crippen LogP contribution in [0.1, 0.15) is 21.5 Å². The Hall–Kier alpha value is -3.61. The Bertz CT molecular complexity index is 1120.